The number of pyridine rings is 1. The van der Waals surface area contributed by atoms with Crippen molar-refractivity contribution in [2.75, 3.05) is 4.90 Å². The molecule has 0 aliphatic heterocycles. The zero-order valence-electron chi connectivity index (χ0n) is 9.59. The molecule has 0 aromatic carbocycles. The van der Waals surface area contributed by atoms with Crippen LogP contribution in [0.2, 0.25) is 0 Å². The lowest BCUT2D eigenvalue weighted by atomic mass is 9.91. The molecule has 1 N–H and O–H groups in total. The highest BCUT2D eigenvalue weighted by molar-refractivity contribution is 5.93. The Kier molecular flexibility index (Phi) is 3.08. The fraction of sp³-hybridized carbons (Fsp3) is 0.417. The van der Waals surface area contributed by atoms with Gasteiger partial charge in [-0.25, -0.2) is 9.78 Å². The molecule has 1 amide bonds. The maximum Gasteiger partial charge on any atom is 0.335 e. The van der Waals surface area contributed by atoms with Crippen LogP contribution in [0.25, 0.3) is 0 Å². The summed E-state index contributed by atoms with van der Waals surface area (Å²) in [6, 6.07) is 3.04. The summed E-state index contributed by atoms with van der Waals surface area (Å²) >= 11 is 0. The summed E-state index contributed by atoms with van der Waals surface area (Å²) in [5, 5.41) is 8.91. The molecule has 0 atom stereocenters. The van der Waals surface area contributed by atoms with Gasteiger partial charge in [-0.1, -0.05) is 0 Å². The van der Waals surface area contributed by atoms with Gasteiger partial charge in [0.2, 0.25) is 5.91 Å². The molecule has 0 saturated heterocycles. The predicted molar refractivity (Wildman–Crippen MR) is 62.0 cm³/mol. The Hall–Kier alpha value is -1.91. The van der Waals surface area contributed by atoms with Gasteiger partial charge >= 0.3 is 5.97 Å². The fourth-order valence-electron chi connectivity index (χ4n) is 1.93. The molecule has 2 rings (SSSR count). The first-order valence-corrected chi connectivity index (χ1v) is 5.58. The van der Waals surface area contributed by atoms with Crippen molar-refractivity contribution in [3.8, 4) is 0 Å². The molecule has 17 heavy (non-hydrogen) atoms. The van der Waals surface area contributed by atoms with Crippen LogP contribution in [-0.4, -0.2) is 28.0 Å². The van der Waals surface area contributed by atoms with Crippen molar-refractivity contribution >= 4 is 17.7 Å². The number of amides is 1. The highest BCUT2D eigenvalue weighted by Crippen LogP contribution is 2.28. The Bertz CT molecular complexity index is 455. The van der Waals surface area contributed by atoms with E-state index in [9.17, 15) is 9.59 Å². The Morgan fingerprint density at radius 3 is 2.65 bits per heavy atom. The Labute approximate surface area is 99.1 Å². The monoisotopic (exact) mass is 234 g/mol. The lowest BCUT2D eigenvalue weighted by molar-refractivity contribution is -0.117. The van der Waals surface area contributed by atoms with Crippen LogP contribution in [0, 0.1) is 0 Å². The topological polar surface area (TPSA) is 70.5 Å². The van der Waals surface area contributed by atoms with Gasteiger partial charge in [0.15, 0.2) is 0 Å². The maximum absolute atomic E-state index is 11.6. The first-order chi connectivity index (χ1) is 8.09. The Morgan fingerprint density at radius 1 is 1.47 bits per heavy atom. The molecule has 5 nitrogen and oxygen atoms in total. The van der Waals surface area contributed by atoms with E-state index in [0.29, 0.717) is 5.82 Å². The second kappa shape index (κ2) is 4.53. The molecule has 0 unspecified atom stereocenters. The number of rotatable bonds is 3. The smallest absolute Gasteiger partial charge is 0.335 e. The lowest BCUT2D eigenvalue weighted by Gasteiger charge is -2.36. The number of hydrogen-bond donors (Lipinski definition) is 1. The average Bonchev–Trinajstić information content (AvgIpc) is 2.22. The van der Waals surface area contributed by atoms with Gasteiger partial charge in [-0.05, 0) is 31.4 Å². The van der Waals surface area contributed by atoms with Crippen molar-refractivity contribution in [3.63, 3.8) is 0 Å². The number of carbonyl (C=O) groups excluding carboxylic acids is 1. The van der Waals surface area contributed by atoms with Gasteiger partial charge in [0.05, 0.1) is 5.56 Å². The van der Waals surface area contributed by atoms with Gasteiger partial charge in [-0.2, -0.15) is 0 Å². The Balaban J connectivity index is 2.32. The third-order valence-corrected chi connectivity index (χ3v) is 3.02. The largest absolute Gasteiger partial charge is 0.478 e. The van der Waals surface area contributed by atoms with Crippen LogP contribution in [0.15, 0.2) is 18.3 Å². The predicted octanol–water partition coefficient (Wildman–Crippen LogP) is 1.69. The van der Waals surface area contributed by atoms with E-state index in [0.717, 1.165) is 19.3 Å². The van der Waals surface area contributed by atoms with Crippen LogP contribution in [0.4, 0.5) is 5.82 Å². The van der Waals surface area contributed by atoms with E-state index in [4.69, 9.17) is 5.11 Å². The normalized spacial score (nSPS) is 15.1. The number of nitrogens with zero attached hydrogens (tertiary/aromatic N) is 2. The molecule has 1 saturated carbocycles. The number of carboxylic acids is 1. The number of carboxylic acid groups (broad SMARTS) is 1. The third-order valence-electron chi connectivity index (χ3n) is 3.02. The minimum absolute atomic E-state index is 0.0928. The third kappa shape index (κ3) is 2.27. The molecule has 1 heterocycles. The van der Waals surface area contributed by atoms with Gasteiger partial charge in [0, 0.05) is 19.2 Å². The molecule has 1 fully saturated rings. The molecule has 0 spiro atoms. The highest BCUT2D eigenvalue weighted by atomic mass is 16.4. The number of anilines is 1. The van der Waals surface area contributed by atoms with Gasteiger partial charge < -0.3 is 5.11 Å². The summed E-state index contributed by atoms with van der Waals surface area (Å²) in [5.41, 5.74) is 0.153. The first-order valence-electron chi connectivity index (χ1n) is 5.58. The van der Waals surface area contributed by atoms with E-state index in [1.807, 2.05) is 0 Å². The second-order valence-corrected chi connectivity index (χ2v) is 4.18. The van der Waals surface area contributed by atoms with E-state index < -0.39 is 5.97 Å². The van der Waals surface area contributed by atoms with Crippen LogP contribution in [0.1, 0.15) is 36.5 Å². The van der Waals surface area contributed by atoms with Crippen LogP contribution < -0.4 is 4.90 Å². The van der Waals surface area contributed by atoms with Crippen LogP contribution in [0.5, 0.6) is 0 Å². The van der Waals surface area contributed by atoms with Crippen molar-refractivity contribution in [1.82, 2.24) is 4.98 Å². The van der Waals surface area contributed by atoms with Crippen molar-refractivity contribution in [3.05, 3.63) is 23.9 Å². The maximum atomic E-state index is 11.6. The summed E-state index contributed by atoms with van der Waals surface area (Å²) in [4.78, 5) is 28.1. The second-order valence-electron chi connectivity index (χ2n) is 4.18. The molecule has 90 valence electrons. The first kappa shape index (κ1) is 11.6. The minimum atomic E-state index is -1.01. The minimum Gasteiger partial charge on any atom is -0.478 e. The molecule has 0 radical (unpaired) electrons. The standard InChI is InChI=1S/C12H14N2O3/c1-8(15)14(10-3-2-4-10)11-7-9(12(16)17)5-6-13-11/h5-7,10H,2-4H2,1H3,(H,16,17). The molecule has 1 aliphatic carbocycles. The van der Waals surface area contributed by atoms with Gasteiger partial charge in [0.1, 0.15) is 5.82 Å². The number of aromatic nitrogens is 1. The lowest BCUT2D eigenvalue weighted by Crippen LogP contribution is -2.43. The van der Waals surface area contributed by atoms with E-state index in [2.05, 4.69) is 4.98 Å². The van der Waals surface area contributed by atoms with E-state index >= 15 is 0 Å². The average molecular weight is 234 g/mol. The van der Waals surface area contributed by atoms with Gasteiger partial charge in [-0.15, -0.1) is 0 Å². The van der Waals surface area contributed by atoms with Crippen molar-refractivity contribution < 1.29 is 14.7 Å². The zero-order chi connectivity index (χ0) is 12.4. The van der Waals surface area contributed by atoms with Crippen LogP contribution in [-0.2, 0) is 4.79 Å². The van der Waals surface area contributed by atoms with E-state index in [1.54, 1.807) is 4.90 Å². The SMILES string of the molecule is CC(=O)N(c1cc(C(=O)O)ccn1)C1CCC1. The van der Waals surface area contributed by atoms with Crippen LogP contribution >= 0.6 is 0 Å². The molecule has 5 heteroatoms. The van der Waals surface area contributed by atoms with Crippen molar-refractivity contribution in [2.45, 2.75) is 32.2 Å². The quantitative estimate of drug-likeness (QED) is 0.863. The molecule has 1 aromatic heterocycles. The summed E-state index contributed by atoms with van der Waals surface area (Å²) in [5.74, 6) is -0.669. The summed E-state index contributed by atoms with van der Waals surface area (Å²) < 4.78 is 0. The summed E-state index contributed by atoms with van der Waals surface area (Å²) in [6.45, 7) is 1.48. The van der Waals surface area contributed by atoms with Gasteiger partial charge in [-0.3, -0.25) is 9.69 Å². The number of hydrogen-bond acceptors (Lipinski definition) is 3. The number of carbonyl (C=O) groups is 2. The number of aromatic carboxylic acids is 1. The zero-order valence-corrected chi connectivity index (χ0v) is 9.59. The van der Waals surface area contributed by atoms with Crippen molar-refractivity contribution in [2.24, 2.45) is 0 Å². The molecule has 1 aromatic rings. The Morgan fingerprint density at radius 2 is 2.18 bits per heavy atom. The van der Waals surface area contributed by atoms with E-state index in [-0.39, 0.29) is 17.5 Å². The molecule has 0 bridgehead atoms. The summed E-state index contributed by atoms with van der Waals surface area (Å²) in [7, 11) is 0. The fourth-order valence-corrected chi connectivity index (χ4v) is 1.93. The van der Waals surface area contributed by atoms with Gasteiger partial charge in [0.25, 0.3) is 0 Å². The van der Waals surface area contributed by atoms with Crippen LogP contribution in [0.3, 0.4) is 0 Å². The highest BCUT2D eigenvalue weighted by Gasteiger charge is 2.29. The summed E-state index contributed by atoms with van der Waals surface area (Å²) in [6.07, 6.45) is 4.44. The van der Waals surface area contributed by atoms with E-state index in [1.165, 1.54) is 25.3 Å². The van der Waals surface area contributed by atoms with Crippen molar-refractivity contribution in [1.29, 1.82) is 0 Å². The molecular weight excluding hydrogens is 220 g/mol. The molecular formula is C12H14N2O3. The molecule has 1 aliphatic rings.